The van der Waals surface area contributed by atoms with Gasteiger partial charge in [-0.1, -0.05) is 19.9 Å². The molecule has 126 valence electrons. The van der Waals surface area contributed by atoms with Gasteiger partial charge in [-0.3, -0.25) is 9.69 Å². The molecule has 1 atom stereocenters. The van der Waals surface area contributed by atoms with E-state index in [4.69, 9.17) is 4.74 Å². The van der Waals surface area contributed by atoms with E-state index >= 15 is 0 Å². The first-order valence-corrected chi connectivity index (χ1v) is 8.20. The Morgan fingerprint density at radius 2 is 2.04 bits per heavy atom. The topological polar surface area (TPSA) is 58.6 Å². The molecule has 0 unspecified atom stereocenters. The summed E-state index contributed by atoms with van der Waals surface area (Å²) in [5.41, 5.74) is 3.07. The van der Waals surface area contributed by atoms with E-state index in [2.05, 4.69) is 5.32 Å². The molecule has 1 heterocycles. The smallest absolute Gasteiger partial charge is 0.410 e. The van der Waals surface area contributed by atoms with Gasteiger partial charge in [-0.15, -0.1) is 0 Å². The Hall–Kier alpha value is -2.04. The number of carbonyl (C=O) groups is 2. The first-order valence-electron chi connectivity index (χ1n) is 8.20. The highest BCUT2D eigenvalue weighted by molar-refractivity contribution is 5.96. The molecule has 0 bridgehead atoms. The molecule has 0 spiro atoms. The number of nitrogens with one attached hydrogen (secondary N) is 1. The Morgan fingerprint density at radius 3 is 2.70 bits per heavy atom. The van der Waals surface area contributed by atoms with Crippen LogP contribution in [0, 0.1) is 19.8 Å². The van der Waals surface area contributed by atoms with Crippen molar-refractivity contribution in [1.29, 1.82) is 0 Å². The van der Waals surface area contributed by atoms with Crippen LogP contribution in [0.2, 0.25) is 0 Å². The molecule has 1 aliphatic rings. The molecule has 0 aliphatic carbocycles. The Labute approximate surface area is 138 Å². The van der Waals surface area contributed by atoms with E-state index in [1.54, 1.807) is 4.90 Å². The van der Waals surface area contributed by atoms with Gasteiger partial charge in [0.1, 0.15) is 6.04 Å². The molecule has 5 nitrogen and oxygen atoms in total. The maximum absolute atomic E-state index is 12.5. The fourth-order valence-corrected chi connectivity index (χ4v) is 2.62. The van der Waals surface area contributed by atoms with Gasteiger partial charge in [-0.05, 0) is 55.9 Å². The average molecular weight is 318 g/mol. The van der Waals surface area contributed by atoms with Crippen LogP contribution in [-0.4, -0.2) is 36.1 Å². The molecular formula is C18H26N2O3. The number of benzene rings is 1. The number of hydrogen-bond donors (Lipinski definition) is 1. The lowest BCUT2D eigenvalue weighted by molar-refractivity contribution is -0.120. The first kappa shape index (κ1) is 17.3. The highest BCUT2D eigenvalue weighted by Gasteiger charge is 2.35. The second-order valence-electron chi connectivity index (χ2n) is 6.61. The molecule has 1 aromatic carbocycles. The lowest BCUT2D eigenvalue weighted by Crippen LogP contribution is -2.43. The van der Waals surface area contributed by atoms with Crippen molar-refractivity contribution in [3.63, 3.8) is 0 Å². The molecule has 23 heavy (non-hydrogen) atoms. The molecule has 2 rings (SSSR count). The monoisotopic (exact) mass is 318 g/mol. The summed E-state index contributed by atoms with van der Waals surface area (Å²) in [5.74, 6) is 0.136. The van der Waals surface area contributed by atoms with Gasteiger partial charge >= 0.3 is 6.09 Å². The van der Waals surface area contributed by atoms with Crippen LogP contribution in [0.4, 0.5) is 10.5 Å². The van der Waals surface area contributed by atoms with Gasteiger partial charge in [0.2, 0.25) is 5.91 Å². The summed E-state index contributed by atoms with van der Waals surface area (Å²) < 4.78 is 5.26. The molecule has 0 aromatic heterocycles. The van der Waals surface area contributed by atoms with Crippen LogP contribution in [0.3, 0.4) is 0 Å². The van der Waals surface area contributed by atoms with E-state index in [9.17, 15) is 9.59 Å². The number of rotatable bonds is 4. The predicted molar refractivity (Wildman–Crippen MR) is 90.5 cm³/mol. The number of ether oxygens (including phenoxy) is 1. The Bertz CT molecular complexity index is 584. The van der Waals surface area contributed by atoms with Gasteiger partial charge in [-0.2, -0.15) is 0 Å². The predicted octanol–water partition coefficient (Wildman–Crippen LogP) is 3.50. The lowest BCUT2D eigenvalue weighted by Gasteiger charge is -2.24. The first-order chi connectivity index (χ1) is 10.9. The van der Waals surface area contributed by atoms with E-state index in [1.165, 1.54) is 5.56 Å². The van der Waals surface area contributed by atoms with Crippen LogP contribution in [0.15, 0.2) is 18.2 Å². The molecule has 1 N–H and O–H groups in total. The van der Waals surface area contributed by atoms with Crippen LogP contribution in [0.25, 0.3) is 0 Å². The summed E-state index contributed by atoms with van der Waals surface area (Å²) in [4.78, 5) is 26.2. The third kappa shape index (κ3) is 4.47. The van der Waals surface area contributed by atoms with Crippen molar-refractivity contribution in [3.8, 4) is 0 Å². The minimum Gasteiger partial charge on any atom is -0.449 e. The van der Waals surface area contributed by atoms with Crippen molar-refractivity contribution < 1.29 is 14.3 Å². The van der Waals surface area contributed by atoms with Crippen molar-refractivity contribution in [1.82, 2.24) is 4.90 Å². The SMILES string of the molecule is Cc1ccc(NC(=O)[C@H]2CCCN2C(=O)OCC(C)C)cc1C. The average Bonchev–Trinajstić information content (AvgIpc) is 2.98. The Balaban J connectivity index is 1.99. The molecule has 1 aliphatic heterocycles. The number of aryl methyl sites for hydroxylation is 2. The van der Waals surface area contributed by atoms with Crippen LogP contribution in [0.1, 0.15) is 37.8 Å². The quantitative estimate of drug-likeness (QED) is 0.924. The molecule has 1 saturated heterocycles. The zero-order chi connectivity index (χ0) is 17.0. The molecular weight excluding hydrogens is 292 g/mol. The highest BCUT2D eigenvalue weighted by atomic mass is 16.6. The zero-order valence-electron chi connectivity index (χ0n) is 14.4. The third-order valence-electron chi connectivity index (χ3n) is 4.10. The number of amides is 2. The van der Waals surface area contributed by atoms with E-state index in [0.29, 0.717) is 19.6 Å². The Morgan fingerprint density at radius 1 is 1.30 bits per heavy atom. The minimum atomic E-state index is -0.448. The fourth-order valence-electron chi connectivity index (χ4n) is 2.62. The minimum absolute atomic E-state index is 0.146. The summed E-state index contributed by atoms with van der Waals surface area (Å²) in [6.45, 7) is 8.96. The van der Waals surface area contributed by atoms with Gasteiger partial charge in [0, 0.05) is 12.2 Å². The fraction of sp³-hybridized carbons (Fsp3) is 0.556. The van der Waals surface area contributed by atoms with Gasteiger partial charge in [0.25, 0.3) is 0 Å². The van der Waals surface area contributed by atoms with Gasteiger partial charge < -0.3 is 10.1 Å². The van der Waals surface area contributed by atoms with Crippen molar-refractivity contribution in [2.45, 2.75) is 46.6 Å². The van der Waals surface area contributed by atoms with Crippen molar-refractivity contribution in [2.75, 3.05) is 18.5 Å². The lowest BCUT2D eigenvalue weighted by atomic mass is 10.1. The molecule has 1 fully saturated rings. The van der Waals surface area contributed by atoms with Crippen LogP contribution in [0.5, 0.6) is 0 Å². The number of hydrogen-bond acceptors (Lipinski definition) is 3. The summed E-state index contributed by atoms with van der Waals surface area (Å²) in [6.07, 6.45) is 1.10. The van der Waals surface area contributed by atoms with Gasteiger partial charge in [0.15, 0.2) is 0 Å². The van der Waals surface area contributed by atoms with E-state index < -0.39 is 12.1 Å². The summed E-state index contributed by atoms with van der Waals surface area (Å²) in [7, 11) is 0. The molecule has 5 heteroatoms. The van der Waals surface area contributed by atoms with E-state index in [1.807, 2.05) is 45.9 Å². The van der Waals surface area contributed by atoms with Gasteiger partial charge in [-0.25, -0.2) is 4.79 Å². The molecule has 0 saturated carbocycles. The Kier molecular flexibility index (Phi) is 5.64. The van der Waals surface area contributed by atoms with Crippen LogP contribution < -0.4 is 5.32 Å². The van der Waals surface area contributed by atoms with Crippen LogP contribution in [-0.2, 0) is 9.53 Å². The van der Waals surface area contributed by atoms with Gasteiger partial charge in [0.05, 0.1) is 6.61 Å². The summed E-state index contributed by atoms with van der Waals surface area (Å²) >= 11 is 0. The highest BCUT2D eigenvalue weighted by Crippen LogP contribution is 2.21. The van der Waals surface area contributed by atoms with E-state index in [0.717, 1.165) is 17.7 Å². The number of carbonyl (C=O) groups excluding carboxylic acids is 2. The zero-order valence-corrected chi connectivity index (χ0v) is 14.4. The number of likely N-dealkylation sites (tertiary alicyclic amines) is 1. The summed E-state index contributed by atoms with van der Waals surface area (Å²) in [6, 6.07) is 5.37. The molecule has 1 aromatic rings. The maximum atomic E-state index is 12.5. The van der Waals surface area contributed by atoms with E-state index in [-0.39, 0.29) is 11.8 Å². The largest absolute Gasteiger partial charge is 0.449 e. The number of anilines is 1. The molecule has 2 amide bonds. The second-order valence-corrected chi connectivity index (χ2v) is 6.61. The molecule has 0 radical (unpaired) electrons. The number of nitrogens with zero attached hydrogens (tertiary/aromatic N) is 1. The van der Waals surface area contributed by atoms with Crippen molar-refractivity contribution in [3.05, 3.63) is 29.3 Å². The van der Waals surface area contributed by atoms with Crippen molar-refractivity contribution >= 4 is 17.7 Å². The van der Waals surface area contributed by atoms with Crippen molar-refractivity contribution in [2.24, 2.45) is 5.92 Å². The standard InChI is InChI=1S/C18H26N2O3/c1-12(2)11-23-18(22)20-9-5-6-16(20)17(21)19-15-8-7-13(3)14(4)10-15/h7-8,10,12,16H,5-6,9,11H2,1-4H3,(H,19,21)/t16-/m1/s1. The maximum Gasteiger partial charge on any atom is 0.410 e. The normalized spacial score (nSPS) is 17.4. The summed E-state index contributed by atoms with van der Waals surface area (Å²) in [5, 5.41) is 2.91. The third-order valence-corrected chi connectivity index (χ3v) is 4.10. The second kappa shape index (κ2) is 7.49. The van der Waals surface area contributed by atoms with Crippen LogP contribution >= 0.6 is 0 Å².